The summed E-state index contributed by atoms with van der Waals surface area (Å²) in [6, 6.07) is 21.7. The molecule has 4 aromatic rings. The van der Waals surface area contributed by atoms with Crippen LogP contribution in [0.3, 0.4) is 0 Å². The molecule has 131 heavy (non-hydrogen) atoms. The van der Waals surface area contributed by atoms with Gasteiger partial charge in [-0.25, -0.2) is 19.1 Å². The molecule has 3 saturated heterocycles. The highest BCUT2D eigenvalue weighted by Gasteiger charge is 2.79. The number of tetrazole rings is 1. The first kappa shape index (κ1) is 102. The van der Waals surface area contributed by atoms with Crippen LogP contribution in [0.25, 0.3) is 0 Å². The summed E-state index contributed by atoms with van der Waals surface area (Å²) in [6.07, 6.45) is 3.42. The normalized spacial score (nSPS) is 35.5. The van der Waals surface area contributed by atoms with Crippen LogP contribution in [-0.4, -0.2) is 246 Å². The molecule has 32 heteroatoms. The second-order valence-electron chi connectivity index (χ2n) is 37.7. The van der Waals surface area contributed by atoms with Crippen molar-refractivity contribution in [1.82, 2.24) is 30.4 Å². The third kappa shape index (κ3) is 21.9. The van der Waals surface area contributed by atoms with Gasteiger partial charge in [-0.15, -0.1) is 5.10 Å². The van der Waals surface area contributed by atoms with Crippen LogP contribution in [0, 0.1) is 52.3 Å². The van der Waals surface area contributed by atoms with E-state index in [1.165, 1.54) is 38.0 Å². The van der Waals surface area contributed by atoms with Crippen LogP contribution >= 0.6 is 0 Å². The fraction of sp³-hybridized carbons (Fsp3) is 0.596. The number of cyclic esters (lactones) is 1. The Morgan fingerprint density at radius 1 is 0.725 bits per heavy atom. The number of Topliss-reactive ketones (excluding diaryl/α,β-unsaturated/α-hetero) is 4. The lowest BCUT2D eigenvalue weighted by Crippen LogP contribution is -2.82. The highest BCUT2D eigenvalue weighted by atomic mass is 16.6. The molecule has 1 aromatic heterocycles. The van der Waals surface area contributed by atoms with Crippen molar-refractivity contribution in [2.75, 3.05) is 34.5 Å². The van der Waals surface area contributed by atoms with E-state index in [-0.39, 0.29) is 96.2 Å². The van der Waals surface area contributed by atoms with E-state index in [0.717, 1.165) is 32.3 Å². The molecule has 2 amide bonds. The number of carbonyl (C=O) groups is 11. The molecule has 4 aliphatic carbocycles. The van der Waals surface area contributed by atoms with Gasteiger partial charge in [0.15, 0.2) is 29.4 Å². The Bertz CT molecular complexity index is 4900. The van der Waals surface area contributed by atoms with Crippen molar-refractivity contribution in [3.05, 3.63) is 173 Å². The number of aliphatic hydroxyl groups is 5. The van der Waals surface area contributed by atoms with Gasteiger partial charge in [-0.3, -0.25) is 38.4 Å². The van der Waals surface area contributed by atoms with Crippen molar-refractivity contribution in [2.24, 2.45) is 52.3 Å². The fourth-order valence-electron chi connectivity index (χ4n) is 20.9. The summed E-state index contributed by atoms with van der Waals surface area (Å²) in [5.41, 5.74) is -5.75. The van der Waals surface area contributed by atoms with E-state index < -0.39 is 190 Å². The predicted molar refractivity (Wildman–Crippen MR) is 474 cm³/mol. The Kier molecular flexibility index (Phi) is 33.6. The number of allylic oxidation sites excluding steroid dienone is 6. The van der Waals surface area contributed by atoms with Gasteiger partial charge in [0, 0.05) is 96.1 Å². The van der Waals surface area contributed by atoms with E-state index in [4.69, 9.17) is 47.4 Å². The average Bonchev–Trinajstić information content (AvgIpc) is 0.870. The van der Waals surface area contributed by atoms with Crippen molar-refractivity contribution in [3.8, 4) is 0 Å². The molecule has 6 N–H and O–H groups in total. The maximum atomic E-state index is 15.5. The summed E-state index contributed by atoms with van der Waals surface area (Å²) in [5, 5.41) is 75.4. The lowest BCUT2D eigenvalue weighted by Gasteiger charge is -2.67. The third-order valence-electron chi connectivity index (χ3n) is 28.7. The van der Waals surface area contributed by atoms with Gasteiger partial charge in [0.2, 0.25) is 5.79 Å². The van der Waals surface area contributed by atoms with E-state index in [0.29, 0.717) is 62.5 Å². The fourth-order valence-corrected chi connectivity index (χ4v) is 20.9. The number of piperidine rings is 1. The van der Waals surface area contributed by atoms with Crippen LogP contribution in [0.5, 0.6) is 0 Å². The number of methoxy groups -OCH3 is 3. The highest BCUT2D eigenvalue weighted by Crippen LogP contribution is 2.65. The summed E-state index contributed by atoms with van der Waals surface area (Å²) < 4.78 is 61.9. The summed E-state index contributed by atoms with van der Waals surface area (Å²) >= 11 is 0. The summed E-state index contributed by atoms with van der Waals surface area (Å²) in [5.74, 6) is -14.8. The van der Waals surface area contributed by atoms with Gasteiger partial charge in [-0.05, 0) is 172 Å². The topological polar surface area (TPSA) is 440 Å². The molecule has 0 spiro atoms. The van der Waals surface area contributed by atoms with Gasteiger partial charge >= 0.3 is 29.8 Å². The molecule has 0 radical (unpaired) electrons. The van der Waals surface area contributed by atoms with Crippen LogP contribution in [0.1, 0.15) is 218 Å². The number of aromatic nitrogens is 4. The van der Waals surface area contributed by atoms with Gasteiger partial charge in [0.05, 0.1) is 60.0 Å². The maximum Gasteiger partial charge on any atom is 0.338 e. The van der Waals surface area contributed by atoms with Crippen molar-refractivity contribution in [2.45, 2.75) is 288 Å². The van der Waals surface area contributed by atoms with Crippen LogP contribution in [-0.2, 0) is 90.5 Å². The van der Waals surface area contributed by atoms with Gasteiger partial charge in [-0.2, -0.15) is 0 Å². The number of nitrogens with one attached hydrogen (secondary N) is 1. The smallest absolute Gasteiger partial charge is 0.338 e. The Labute approximate surface area is 764 Å². The third-order valence-corrected chi connectivity index (χ3v) is 28.7. The van der Waals surface area contributed by atoms with E-state index in [9.17, 15) is 73.5 Å². The van der Waals surface area contributed by atoms with Crippen LogP contribution < -0.4 is 5.32 Å². The molecular weight excluding hydrogens is 1690 g/mol. The SMILES string of the molecule is CC(=O)O[C@H]1C(=O)[C@@]2(C)[C@H]([C@H](OC(=O)c3ccccc3)[C@]3(O)C[C@H](OC(=O)[C@H](O)[C@@H](NC(=O)c4ccccc4)c4ccccc4)C(C)=C1C3(C)C)[C@]1(OC(C)=O)CO[C@@H]1C[C@@H]2O.CO[C@H]1C[C@@H]2CC[C@@H](C)[C@@](O)(O2)C(=O)C(=O)N2CCCC[C@H]2C(=O)O[C@H]([C@H](C)C[C@@H]2CC[C@H](n3cnnn3)[C@H](OC)C2)CC(=O)[C@H](C)/C=C(\C)[C@@H](O)[C@@H](OC)C(=O)[C@H](C)C[C@H](C)/C=C/C=C/C=C/1C. The molecule has 0 unspecified atom stereocenters. The van der Waals surface area contributed by atoms with Crippen LogP contribution in [0.4, 0.5) is 0 Å². The molecule has 3 saturated carbocycles. The number of nitrogens with zero attached hydrogens (tertiary/aromatic N) is 5. The Hall–Kier alpha value is -10.0. The van der Waals surface area contributed by atoms with Gasteiger partial charge in [-0.1, -0.05) is 152 Å². The number of ether oxygens (including phenoxy) is 10. The standard InChI is InChI=1S/C52H79N5O12.C47H51NO14/c1-31-16-12-11-13-17-32(2)43(65-8)28-39-21-19-37(7)52(64,69-39)49(61)50(62)56-23-15-14-18-41(56)51(63)68-44(34(4)26-38-20-22-40(45(27-38)66-9)57-30-53-54-55-57)29-42(58)33(3)25-36(6)47(60)48(67-10)46(59)35(5)24-31;1-25-31(60-43(56)36(52)35(28-16-10-7-11-17-28)48-41(54)29-18-12-8-13-19-29)23-47(57)40(61-42(55)30-20-14-9-15-21-30)38-45(6,32(51)22-33-46(38,24-58-33)62-27(3)50)39(53)37(59-26(2)49)34(25)44(47,4)5/h11-13,16-17,25,30-31,33-35,37-41,43-45,47-48,60,64H,14-15,18-24,26-29H2,1-10H3;7-21,31-33,35-38,40,51-52,57H,22-24H2,1-6H3,(H,48,54)/b13-11+,16-12+,32-17+,36-25+;/t31-,33-,34-,35-,37-,38+,39+,40+,41+,43+,44+,45-,47-,48+,52-;31-,32-,33+,35-,36+,37+,38-,40-,45+,46-,47+/m10/s1. The number of benzene rings is 3. The lowest BCUT2D eigenvalue weighted by atomic mass is 9.44. The lowest BCUT2D eigenvalue weighted by molar-refractivity contribution is -0.346. The van der Waals surface area contributed by atoms with Crippen molar-refractivity contribution in [1.29, 1.82) is 0 Å². The van der Waals surface area contributed by atoms with Gasteiger partial charge in [0.1, 0.15) is 60.4 Å². The number of aliphatic hydroxyl groups excluding tert-OH is 3. The molecule has 5 heterocycles. The Balaban J connectivity index is 0.000000254. The number of esters is 5. The molecule has 8 aliphatic rings. The van der Waals surface area contributed by atoms with E-state index >= 15 is 4.79 Å². The largest absolute Gasteiger partial charge is 0.460 e. The minimum Gasteiger partial charge on any atom is -0.460 e. The zero-order valence-corrected chi connectivity index (χ0v) is 77.8. The minimum atomic E-state index is -2.43. The second kappa shape index (κ2) is 43.3. The second-order valence-corrected chi connectivity index (χ2v) is 37.7. The monoisotopic (exact) mass is 1820 g/mol. The number of hydrogen-bond acceptors (Lipinski definition) is 29. The summed E-state index contributed by atoms with van der Waals surface area (Å²) in [6.45, 7) is 20.8. The minimum absolute atomic E-state index is 0.00289. The summed E-state index contributed by atoms with van der Waals surface area (Å²) in [7, 11) is 4.62. The molecule has 4 bridgehead atoms. The highest BCUT2D eigenvalue weighted by molar-refractivity contribution is 6.39. The number of fused-ring (bicyclic) bond motifs is 8. The quantitative estimate of drug-likeness (QED) is 0.0248. The summed E-state index contributed by atoms with van der Waals surface area (Å²) in [4.78, 5) is 156. The van der Waals surface area contributed by atoms with Crippen molar-refractivity contribution < 1.29 is 126 Å². The molecule has 6 fully saturated rings. The molecule has 3 aromatic carbocycles. The van der Waals surface area contributed by atoms with E-state index in [1.807, 2.05) is 58.1 Å². The molecule has 712 valence electrons. The van der Waals surface area contributed by atoms with Crippen molar-refractivity contribution >= 4 is 64.8 Å². The first-order valence-electron chi connectivity index (χ1n) is 45.5. The molecule has 12 rings (SSSR count). The number of hydrogen-bond donors (Lipinski definition) is 6. The first-order chi connectivity index (χ1) is 62.1. The molecule has 32 nitrogen and oxygen atoms in total. The maximum absolute atomic E-state index is 15.5. The zero-order valence-electron chi connectivity index (χ0n) is 77.8. The Morgan fingerprint density at radius 2 is 1.40 bits per heavy atom. The van der Waals surface area contributed by atoms with Gasteiger partial charge in [0.25, 0.3) is 17.6 Å². The van der Waals surface area contributed by atoms with E-state index in [1.54, 1.807) is 145 Å². The first-order valence-corrected chi connectivity index (χ1v) is 45.5. The molecule has 4 aliphatic heterocycles. The molecule has 26 atom stereocenters. The van der Waals surface area contributed by atoms with Crippen LogP contribution in [0.2, 0.25) is 0 Å². The number of amides is 2. The Morgan fingerprint density at radius 3 is 2.02 bits per heavy atom. The van der Waals surface area contributed by atoms with Crippen molar-refractivity contribution in [3.63, 3.8) is 0 Å². The average molecular weight is 1820 g/mol. The number of rotatable bonds is 17. The van der Waals surface area contributed by atoms with Crippen LogP contribution in [0.15, 0.2) is 156 Å². The predicted octanol–water partition coefficient (Wildman–Crippen LogP) is 9.78. The van der Waals surface area contributed by atoms with E-state index in [2.05, 4.69) is 20.8 Å². The number of carbonyl (C=O) groups excluding carboxylic acids is 11. The van der Waals surface area contributed by atoms with Gasteiger partial charge < -0.3 is 83.1 Å². The number of ketones is 4. The molecular formula is C99H130N6O26. The zero-order chi connectivity index (χ0) is 95.5.